The van der Waals surface area contributed by atoms with Crippen molar-refractivity contribution in [3.63, 3.8) is 0 Å². The Morgan fingerprint density at radius 3 is 2.95 bits per heavy atom. The highest BCUT2D eigenvalue weighted by molar-refractivity contribution is 8.00. The Bertz CT molecular complexity index is 1500. The molecule has 4 heterocycles. The highest BCUT2D eigenvalue weighted by Crippen LogP contribution is 2.40. The van der Waals surface area contributed by atoms with E-state index in [1.165, 1.54) is 18.9 Å². The smallest absolute Gasteiger partial charge is 0.292 e. The molecule has 0 aliphatic carbocycles. The molecule has 1 unspecified atom stereocenters. The molecule has 14 heteroatoms. The number of aromatic nitrogens is 2. The Kier molecular flexibility index (Phi) is 6.17. The van der Waals surface area contributed by atoms with E-state index in [-0.39, 0.29) is 41.2 Å². The van der Waals surface area contributed by atoms with Crippen LogP contribution in [-0.2, 0) is 25.8 Å². The molecule has 2 amide bonds. The molecular formula is C23H20N6O7S. The number of amides is 2. The number of fused-ring (bicyclic) bond motifs is 2. The van der Waals surface area contributed by atoms with Crippen molar-refractivity contribution < 1.29 is 38.4 Å². The van der Waals surface area contributed by atoms with Crippen LogP contribution in [0.15, 0.2) is 63.6 Å². The van der Waals surface area contributed by atoms with Crippen LogP contribution in [0.2, 0.25) is 0 Å². The van der Waals surface area contributed by atoms with E-state index in [1.807, 2.05) is 10.6 Å². The summed E-state index contributed by atoms with van der Waals surface area (Å²) in [5, 5.41) is 28.2. The lowest BCUT2D eigenvalue weighted by atomic mass is 10.0. The number of phenolic OH excluding ortho intramolecular Hbond substituents is 1. The first kappa shape index (κ1) is 24.1. The quantitative estimate of drug-likeness (QED) is 0.147. The second kappa shape index (κ2) is 9.46. The average molecular weight is 525 g/mol. The number of carbonyl (C=O) groups is 3. The topological polar surface area (TPSA) is 187 Å². The van der Waals surface area contributed by atoms with Crippen molar-refractivity contribution in [2.24, 2.45) is 5.16 Å². The summed E-state index contributed by atoms with van der Waals surface area (Å²) in [6.07, 6.45) is 2.90. The van der Waals surface area contributed by atoms with Crippen molar-refractivity contribution in [2.45, 2.75) is 18.0 Å². The number of hydrogen-bond donors (Lipinski definition) is 3. The summed E-state index contributed by atoms with van der Waals surface area (Å²) in [6.45, 7) is 0.185. The summed E-state index contributed by atoms with van der Waals surface area (Å²) in [5.41, 5.74) is 6.24. The number of aliphatic carboxylic acids is 1. The maximum Gasteiger partial charge on any atom is 0.292 e. The number of oxime groups is 1. The van der Waals surface area contributed by atoms with Crippen LogP contribution in [0, 0.1) is 0 Å². The molecule has 3 aromatic rings. The fraction of sp³-hybridized carbons (Fsp3) is 0.217. The van der Waals surface area contributed by atoms with Gasteiger partial charge in [0.2, 0.25) is 5.52 Å². The van der Waals surface area contributed by atoms with Gasteiger partial charge in [-0.15, -0.1) is 11.8 Å². The Labute approximate surface area is 213 Å². The van der Waals surface area contributed by atoms with Gasteiger partial charge in [0.1, 0.15) is 36.2 Å². The van der Waals surface area contributed by atoms with Gasteiger partial charge in [0, 0.05) is 23.5 Å². The van der Waals surface area contributed by atoms with E-state index >= 15 is 0 Å². The van der Waals surface area contributed by atoms with Gasteiger partial charge in [0.15, 0.2) is 18.5 Å². The fourth-order valence-corrected chi connectivity index (χ4v) is 5.64. The van der Waals surface area contributed by atoms with E-state index in [0.29, 0.717) is 5.57 Å². The average Bonchev–Trinajstić information content (AvgIpc) is 3.30. The van der Waals surface area contributed by atoms with Gasteiger partial charge in [-0.3, -0.25) is 14.5 Å². The van der Waals surface area contributed by atoms with E-state index in [0.717, 1.165) is 22.1 Å². The lowest BCUT2D eigenvalue weighted by molar-refractivity contribution is -0.663. The van der Waals surface area contributed by atoms with Crippen molar-refractivity contribution in [3.05, 3.63) is 59.8 Å². The molecule has 5 rings (SSSR count). The number of aromatic hydroxyl groups is 1. The Hall–Kier alpha value is -4.59. The summed E-state index contributed by atoms with van der Waals surface area (Å²) in [5.74, 6) is -2.47. The molecule has 1 saturated heterocycles. The molecule has 190 valence electrons. The van der Waals surface area contributed by atoms with Gasteiger partial charge in [-0.05, 0) is 18.2 Å². The van der Waals surface area contributed by atoms with E-state index in [1.54, 1.807) is 30.5 Å². The first-order valence-corrected chi connectivity index (χ1v) is 12.0. The number of nitrogens with zero attached hydrogens (tertiary/aromatic N) is 4. The number of thioether (sulfide) groups is 1. The van der Waals surface area contributed by atoms with E-state index < -0.39 is 29.2 Å². The monoisotopic (exact) mass is 524 g/mol. The number of carboxylic acid groups (broad SMARTS) is 1. The van der Waals surface area contributed by atoms with Gasteiger partial charge >= 0.3 is 0 Å². The lowest BCUT2D eigenvalue weighted by Crippen LogP contribution is -2.71. The molecule has 4 N–H and O–H groups in total. The molecule has 2 atom stereocenters. The number of pyridine rings is 1. The van der Waals surface area contributed by atoms with E-state index in [2.05, 4.69) is 15.5 Å². The third kappa shape index (κ3) is 4.31. The van der Waals surface area contributed by atoms with Gasteiger partial charge in [0.05, 0.1) is 17.1 Å². The van der Waals surface area contributed by atoms with Crippen molar-refractivity contribution in [1.82, 2.24) is 15.2 Å². The van der Waals surface area contributed by atoms with Crippen LogP contribution in [-0.4, -0.2) is 62.8 Å². The van der Waals surface area contributed by atoms with Crippen LogP contribution in [0.3, 0.4) is 0 Å². The lowest BCUT2D eigenvalue weighted by Gasteiger charge is -2.50. The first-order chi connectivity index (χ1) is 17.8. The summed E-state index contributed by atoms with van der Waals surface area (Å²) in [7, 11) is 1.24. The summed E-state index contributed by atoms with van der Waals surface area (Å²) < 4.78 is 6.73. The third-order valence-electron chi connectivity index (χ3n) is 5.91. The summed E-state index contributed by atoms with van der Waals surface area (Å²) in [6, 6.07) is 7.29. The number of nitrogens with two attached hydrogens (primary N) is 1. The molecule has 2 aliphatic rings. The highest BCUT2D eigenvalue weighted by Gasteiger charge is 2.53. The maximum atomic E-state index is 13.0. The van der Waals surface area contributed by atoms with Crippen LogP contribution < -0.4 is 20.7 Å². The second-order valence-electron chi connectivity index (χ2n) is 8.17. The second-order valence-corrected chi connectivity index (χ2v) is 9.28. The van der Waals surface area contributed by atoms with Crippen molar-refractivity contribution >= 4 is 52.2 Å². The standard InChI is InChI=1S/C23H20N6O7S/c1-35-27-16(14-9-36-23(24)25-14)19(31)26-17-20(32)29-18(22(33)34)12(10-37-21(17)29)8-28-6-2-3-11-7-13(30)4-5-15(11)28/h2-7,9,17,21H,8,10H2,1H3,(H4-,24,25,26,30,31,33,34)/t17?,21-/m0/s1. The Morgan fingerprint density at radius 1 is 1.43 bits per heavy atom. The SMILES string of the molecule is CON=C(C(=O)NC1C(=O)N2C(C(=O)[O-])=C(C[n+]3cccc4cc(O)ccc43)CS[C@@H]12)c1coc(N)n1. The van der Waals surface area contributed by atoms with Crippen molar-refractivity contribution in [2.75, 3.05) is 18.6 Å². The largest absolute Gasteiger partial charge is 0.543 e. The normalized spacial score (nSPS) is 19.4. The molecule has 0 saturated carbocycles. The zero-order valence-electron chi connectivity index (χ0n) is 19.3. The Morgan fingerprint density at radius 2 is 2.24 bits per heavy atom. The molecule has 0 radical (unpaired) electrons. The molecule has 0 spiro atoms. The number of carboxylic acids is 1. The number of hydrogen-bond acceptors (Lipinski definition) is 11. The number of β-lactam (4-membered cyclic amide) rings is 1. The van der Waals surface area contributed by atoms with Gasteiger partial charge < -0.3 is 35.3 Å². The van der Waals surface area contributed by atoms with Gasteiger partial charge in [-0.2, -0.15) is 9.55 Å². The van der Waals surface area contributed by atoms with Gasteiger partial charge in [-0.25, -0.2) is 0 Å². The number of nitrogen functional groups attached to an aromatic ring is 1. The number of anilines is 1. The molecule has 2 aliphatic heterocycles. The number of nitrogens with one attached hydrogen (secondary N) is 1. The van der Waals surface area contributed by atoms with Crippen LogP contribution in [0.25, 0.3) is 10.9 Å². The molecule has 1 fully saturated rings. The first-order valence-electron chi connectivity index (χ1n) is 10.9. The zero-order valence-corrected chi connectivity index (χ0v) is 20.1. The summed E-state index contributed by atoms with van der Waals surface area (Å²) in [4.78, 5) is 47.7. The fourth-order valence-electron chi connectivity index (χ4n) is 4.31. The summed E-state index contributed by atoms with van der Waals surface area (Å²) >= 11 is 1.31. The zero-order chi connectivity index (χ0) is 26.3. The van der Waals surface area contributed by atoms with Crippen molar-refractivity contribution in [1.29, 1.82) is 0 Å². The van der Waals surface area contributed by atoms with Crippen LogP contribution in [0.4, 0.5) is 6.01 Å². The van der Waals surface area contributed by atoms with Gasteiger partial charge in [-0.1, -0.05) is 5.16 Å². The minimum Gasteiger partial charge on any atom is -0.543 e. The number of carbonyl (C=O) groups excluding carboxylic acids is 3. The predicted octanol–water partition coefficient (Wildman–Crippen LogP) is -1.14. The molecule has 1 aromatic carbocycles. The molecule has 0 bridgehead atoms. The van der Waals surface area contributed by atoms with Crippen molar-refractivity contribution in [3.8, 4) is 5.75 Å². The number of benzene rings is 1. The predicted molar refractivity (Wildman–Crippen MR) is 127 cm³/mol. The van der Waals surface area contributed by atoms with E-state index in [4.69, 9.17) is 15.0 Å². The number of phenols is 1. The number of rotatable bonds is 7. The molecule has 2 aromatic heterocycles. The molecule has 37 heavy (non-hydrogen) atoms. The molecule has 13 nitrogen and oxygen atoms in total. The highest BCUT2D eigenvalue weighted by atomic mass is 32.2. The number of oxazole rings is 1. The minimum atomic E-state index is -1.49. The van der Waals surface area contributed by atoms with Gasteiger partial charge in [0.25, 0.3) is 17.8 Å². The molecular weight excluding hydrogens is 504 g/mol. The minimum absolute atomic E-state index is 0.00909. The van der Waals surface area contributed by atoms with Crippen LogP contribution >= 0.6 is 11.8 Å². The van der Waals surface area contributed by atoms with Crippen LogP contribution in [0.5, 0.6) is 5.75 Å². The van der Waals surface area contributed by atoms with Crippen LogP contribution in [0.1, 0.15) is 5.69 Å². The Balaban J connectivity index is 1.39. The van der Waals surface area contributed by atoms with E-state index in [9.17, 15) is 24.6 Å². The maximum absolute atomic E-state index is 13.0. The third-order valence-corrected chi connectivity index (χ3v) is 7.25.